The number of hydrogen-bond donors (Lipinski definition) is 1. The molecular weight excluding hydrogens is 415 g/mol. The molecule has 28 heavy (non-hydrogen) atoms. The molecule has 1 N–H and O–H groups in total. The molecule has 2 aromatic carbocycles. The number of furan rings is 1. The Hall–Kier alpha value is -2.67. The fourth-order valence-corrected chi connectivity index (χ4v) is 4.35. The zero-order chi connectivity index (χ0) is 19.3. The molecule has 8 heteroatoms. The molecular formula is C20H13Cl2N4OS+. The van der Waals surface area contributed by atoms with Gasteiger partial charge >= 0.3 is 4.96 Å². The van der Waals surface area contributed by atoms with Crippen LogP contribution in [-0.4, -0.2) is 15.3 Å². The van der Waals surface area contributed by atoms with Gasteiger partial charge in [0.25, 0.3) is 5.82 Å². The summed E-state index contributed by atoms with van der Waals surface area (Å²) in [6.45, 7) is 1.91. The summed E-state index contributed by atoms with van der Waals surface area (Å²) in [6, 6.07) is 17.2. The molecule has 0 radical (unpaired) electrons. The van der Waals surface area contributed by atoms with Gasteiger partial charge in [-0.2, -0.15) is 0 Å². The van der Waals surface area contributed by atoms with Crippen molar-refractivity contribution in [3.8, 4) is 33.3 Å². The maximum atomic E-state index is 6.32. The van der Waals surface area contributed by atoms with Crippen LogP contribution >= 0.6 is 34.5 Å². The Bertz CT molecular complexity index is 1310. The van der Waals surface area contributed by atoms with E-state index in [2.05, 4.69) is 10.2 Å². The number of nitrogens with zero attached hydrogens (tertiary/aromatic N) is 3. The minimum Gasteiger partial charge on any atom is -0.461 e. The van der Waals surface area contributed by atoms with Gasteiger partial charge in [0.05, 0.1) is 21.2 Å². The van der Waals surface area contributed by atoms with E-state index in [1.165, 1.54) is 11.3 Å². The van der Waals surface area contributed by atoms with Gasteiger partial charge in [-0.15, -0.1) is 5.10 Å². The van der Waals surface area contributed by atoms with E-state index in [0.717, 1.165) is 38.2 Å². The molecule has 0 saturated heterocycles. The number of H-pyrrole nitrogens is 1. The van der Waals surface area contributed by atoms with Crippen LogP contribution in [0.15, 0.2) is 59.0 Å². The van der Waals surface area contributed by atoms with Crippen LogP contribution in [0.4, 0.5) is 0 Å². The largest absolute Gasteiger partial charge is 0.461 e. The summed E-state index contributed by atoms with van der Waals surface area (Å²) < 4.78 is 7.78. The summed E-state index contributed by atoms with van der Waals surface area (Å²) in [5.41, 5.74) is 2.67. The van der Waals surface area contributed by atoms with Gasteiger partial charge in [0.2, 0.25) is 0 Å². The molecule has 0 aliphatic carbocycles. The lowest BCUT2D eigenvalue weighted by Crippen LogP contribution is -2.23. The first-order valence-electron chi connectivity index (χ1n) is 8.49. The van der Waals surface area contributed by atoms with E-state index in [1.807, 2.05) is 47.8 Å². The van der Waals surface area contributed by atoms with Crippen molar-refractivity contribution in [1.82, 2.24) is 15.3 Å². The van der Waals surface area contributed by atoms with E-state index in [0.29, 0.717) is 15.8 Å². The van der Waals surface area contributed by atoms with E-state index < -0.39 is 0 Å². The highest BCUT2D eigenvalue weighted by Gasteiger charge is 2.24. The highest BCUT2D eigenvalue weighted by Crippen LogP contribution is 2.37. The number of benzene rings is 2. The van der Waals surface area contributed by atoms with Crippen molar-refractivity contribution >= 4 is 39.5 Å². The van der Waals surface area contributed by atoms with E-state index in [9.17, 15) is 0 Å². The lowest BCUT2D eigenvalue weighted by Gasteiger charge is -2.00. The number of hydrogen-bond acceptors (Lipinski definition) is 4. The predicted octanol–water partition coefficient (Wildman–Crippen LogP) is 5.81. The Kier molecular flexibility index (Phi) is 4.19. The third kappa shape index (κ3) is 2.90. The second-order valence-corrected chi connectivity index (χ2v) is 8.04. The van der Waals surface area contributed by atoms with Gasteiger partial charge in [0.15, 0.2) is 5.01 Å². The molecule has 0 atom stereocenters. The summed E-state index contributed by atoms with van der Waals surface area (Å²) in [6.07, 6.45) is 0. The molecule has 5 nitrogen and oxygen atoms in total. The number of nitrogens with one attached hydrogen (secondary N) is 1. The molecule has 5 aromatic rings. The Morgan fingerprint density at radius 1 is 1.04 bits per heavy atom. The summed E-state index contributed by atoms with van der Waals surface area (Å²) in [7, 11) is 0. The van der Waals surface area contributed by atoms with Crippen LogP contribution in [0.2, 0.25) is 10.0 Å². The zero-order valence-corrected chi connectivity index (χ0v) is 16.9. The third-order valence-electron chi connectivity index (χ3n) is 4.42. The number of fused-ring (bicyclic) bond motifs is 1. The second kappa shape index (κ2) is 6.74. The minimum atomic E-state index is 0.583. The zero-order valence-electron chi connectivity index (χ0n) is 14.6. The second-order valence-electron chi connectivity index (χ2n) is 6.24. The Morgan fingerprint density at radius 3 is 2.68 bits per heavy atom. The lowest BCUT2D eigenvalue weighted by molar-refractivity contribution is -0.563. The molecule has 0 saturated carbocycles. The van der Waals surface area contributed by atoms with Gasteiger partial charge in [-0.05, 0) is 54.7 Å². The van der Waals surface area contributed by atoms with Gasteiger partial charge in [0.1, 0.15) is 11.5 Å². The Morgan fingerprint density at radius 2 is 1.86 bits per heavy atom. The van der Waals surface area contributed by atoms with E-state index >= 15 is 0 Å². The van der Waals surface area contributed by atoms with Crippen molar-refractivity contribution < 1.29 is 8.93 Å². The van der Waals surface area contributed by atoms with Crippen LogP contribution in [0.25, 0.3) is 38.2 Å². The van der Waals surface area contributed by atoms with Crippen molar-refractivity contribution in [3.63, 3.8) is 0 Å². The fraction of sp³-hybridized carbons (Fsp3) is 0.0500. The van der Waals surface area contributed by atoms with Gasteiger partial charge in [-0.3, -0.25) is 0 Å². The first-order chi connectivity index (χ1) is 13.6. The summed E-state index contributed by atoms with van der Waals surface area (Å²) in [5.74, 6) is 2.24. The van der Waals surface area contributed by atoms with Crippen LogP contribution in [-0.2, 0) is 0 Å². The molecule has 0 unspecified atom stereocenters. The number of aromatic amines is 1. The van der Waals surface area contributed by atoms with Crippen molar-refractivity contribution in [2.75, 3.05) is 0 Å². The van der Waals surface area contributed by atoms with Crippen molar-refractivity contribution in [2.24, 2.45) is 0 Å². The molecule has 0 bridgehead atoms. The molecule has 5 rings (SSSR count). The topological polar surface area (TPSA) is 58.8 Å². The standard InChI is InChI=1S/C20H12Cl2N4OS/c1-11-14(10-17(27-11)15-9-13(21)7-8-16(15)22)19-25-26-18(23-24-20(26)28-19)12-5-3-2-4-6-12/h2-10H,1H3/p+1. The Labute approximate surface area is 174 Å². The lowest BCUT2D eigenvalue weighted by atomic mass is 10.1. The number of aromatic nitrogens is 4. The highest BCUT2D eigenvalue weighted by molar-refractivity contribution is 7.19. The fourth-order valence-electron chi connectivity index (χ4n) is 3.05. The maximum absolute atomic E-state index is 6.32. The highest BCUT2D eigenvalue weighted by atomic mass is 35.5. The monoisotopic (exact) mass is 427 g/mol. The summed E-state index contributed by atoms with van der Waals surface area (Å²) >= 11 is 13.9. The molecule has 138 valence electrons. The molecule has 3 aromatic heterocycles. The molecule has 0 amide bonds. The molecule has 0 fully saturated rings. The number of aryl methyl sites for hydroxylation is 1. The van der Waals surface area contributed by atoms with Gasteiger partial charge in [-0.25, -0.2) is 0 Å². The van der Waals surface area contributed by atoms with Crippen LogP contribution in [0, 0.1) is 6.92 Å². The SMILES string of the molecule is Cc1oc(-c2cc(Cl)ccc2Cl)cc1-c1n[n+]2c(-c3ccccc3)[nH]nc2s1. The number of halogens is 2. The smallest absolute Gasteiger partial charge is 0.384 e. The van der Waals surface area contributed by atoms with Crippen LogP contribution in [0.3, 0.4) is 0 Å². The van der Waals surface area contributed by atoms with Gasteiger partial charge < -0.3 is 4.42 Å². The summed E-state index contributed by atoms with van der Waals surface area (Å²) in [5, 5.41) is 14.2. The van der Waals surface area contributed by atoms with E-state index in [4.69, 9.17) is 32.7 Å². The van der Waals surface area contributed by atoms with Crippen molar-refractivity contribution in [3.05, 3.63) is 70.4 Å². The van der Waals surface area contributed by atoms with Crippen LogP contribution in [0.5, 0.6) is 0 Å². The molecule has 0 spiro atoms. The minimum absolute atomic E-state index is 0.583. The molecule has 0 aliphatic heterocycles. The average Bonchev–Trinajstić information content (AvgIpc) is 3.38. The van der Waals surface area contributed by atoms with Gasteiger partial charge in [-0.1, -0.05) is 51.0 Å². The van der Waals surface area contributed by atoms with Crippen molar-refractivity contribution in [2.45, 2.75) is 6.92 Å². The van der Waals surface area contributed by atoms with Crippen LogP contribution in [0.1, 0.15) is 5.76 Å². The van der Waals surface area contributed by atoms with Gasteiger partial charge in [0, 0.05) is 10.6 Å². The van der Waals surface area contributed by atoms with E-state index in [-0.39, 0.29) is 0 Å². The maximum Gasteiger partial charge on any atom is 0.384 e. The first kappa shape index (κ1) is 17.4. The normalized spacial score (nSPS) is 11.4. The Balaban J connectivity index is 1.61. The predicted molar refractivity (Wildman–Crippen MR) is 111 cm³/mol. The van der Waals surface area contributed by atoms with E-state index in [1.54, 1.807) is 18.2 Å². The average molecular weight is 428 g/mol. The quantitative estimate of drug-likeness (QED) is 0.369. The third-order valence-corrected chi connectivity index (χ3v) is 5.92. The first-order valence-corrected chi connectivity index (χ1v) is 10.1. The molecule has 0 aliphatic rings. The molecule has 3 heterocycles. The summed E-state index contributed by atoms with van der Waals surface area (Å²) in [4.78, 5) is 0.775. The van der Waals surface area contributed by atoms with Crippen molar-refractivity contribution in [1.29, 1.82) is 0 Å². The number of rotatable bonds is 3. The van der Waals surface area contributed by atoms with Crippen LogP contribution < -0.4 is 4.52 Å².